The standard InChI is InChI=1S/C44H83NO/c1-6-8-10-12-14-16-18-20-22-24-26-28-30-32-34-36-39-44(4,46-42-43(3)38-41-45-5)40-37-35-33-31-29-27-25-23-21-19-17-15-13-11-9-7-2/h14-17,20-23,43,45H,6-13,18-19,24-42H2,1-5H3/b16-14-,17-15-,22-20-,23-21-. The Bertz CT molecular complexity index is 657. The van der Waals surface area contributed by atoms with Crippen LogP contribution in [-0.4, -0.2) is 25.8 Å². The topological polar surface area (TPSA) is 21.3 Å². The summed E-state index contributed by atoms with van der Waals surface area (Å²) < 4.78 is 6.68. The first-order valence-corrected chi connectivity index (χ1v) is 20.5. The lowest BCUT2D eigenvalue weighted by molar-refractivity contribution is -0.0605. The van der Waals surface area contributed by atoms with Crippen molar-refractivity contribution in [2.24, 2.45) is 5.92 Å². The molecule has 0 heterocycles. The summed E-state index contributed by atoms with van der Waals surface area (Å²) >= 11 is 0. The van der Waals surface area contributed by atoms with Crippen molar-refractivity contribution in [2.75, 3.05) is 20.2 Å². The molecule has 0 aromatic heterocycles. The number of rotatable bonds is 36. The van der Waals surface area contributed by atoms with E-state index >= 15 is 0 Å². The van der Waals surface area contributed by atoms with Gasteiger partial charge in [-0.25, -0.2) is 0 Å². The van der Waals surface area contributed by atoms with E-state index in [2.05, 4.69) is 88.7 Å². The fourth-order valence-corrected chi connectivity index (χ4v) is 6.06. The molecule has 0 aromatic carbocycles. The first kappa shape index (κ1) is 44.9. The Hall–Kier alpha value is -1.12. The second-order valence-corrected chi connectivity index (χ2v) is 14.4. The van der Waals surface area contributed by atoms with E-state index in [1.54, 1.807) is 0 Å². The third-order valence-electron chi connectivity index (χ3n) is 9.42. The summed E-state index contributed by atoms with van der Waals surface area (Å²) in [5, 5.41) is 3.30. The Morgan fingerprint density at radius 1 is 0.522 bits per heavy atom. The summed E-state index contributed by atoms with van der Waals surface area (Å²) in [5.74, 6) is 0.624. The van der Waals surface area contributed by atoms with Crippen LogP contribution in [0.3, 0.4) is 0 Å². The van der Waals surface area contributed by atoms with Crippen LogP contribution in [0.15, 0.2) is 48.6 Å². The largest absolute Gasteiger partial charge is 0.375 e. The third-order valence-corrected chi connectivity index (χ3v) is 9.42. The van der Waals surface area contributed by atoms with Crippen molar-refractivity contribution in [1.29, 1.82) is 0 Å². The maximum atomic E-state index is 6.68. The van der Waals surface area contributed by atoms with Crippen LogP contribution in [0.25, 0.3) is 0 Å². The van der Waals surface area contributed by atoms with E-state index in [0.29, 0.717) is 5.92 Å². The molecule has 46 heavy (non-hydrogen) atoms. The van der Waals surface area contributed by atoms with Crippen LogP contribution < -0.4 is 5.32 Å². The van der Waals surface area contributed by atoms with Gasteiger partial charge in [-0.05, 0) is 110 Å². The SMILES string of the molecule is CCCCC/C=C\C/C=C\CCCCCCCCC(C)(CCCCCCCC/C=C\C/C=C\CCCCC)OCC(C)CCNC. The van der Waals surface area contributed by atoms with Crippen molar-refractivity contribution < 1.29 is 4.74 Å². The minimum atomic E-state index is 0.0540. The van der Waals surface area contributed by atoms with E-state index in [-0.39, 0.29) is 5.60 Å². The normalized spacial score (nSPS) is 13.4. The van der Waals surface area contributed by atoms with Gasteiger partial charge in [-0.1, -0.05) is 159 Å². The van der Waals surface area contributed by atoms with Gasteiger partial charge in [-0.2, -0.15) is 0 Å². The van der Waals surface area contributed by atoms with Crippen LogP contribution in [-0.2, 0) is 4.74 Å². The molecular weight excluding hydrogens is 558 g/mol. The van der Waals surface area contributed by atoms with E-state index in [9.17, 15) is 0 Å². The predicted octanol–water partition coefficient (Wildman–Crippen LogP) is 14.4. The average Bonchev–Trinajstić information content (AvgIpc) is 3.06. The molecule has 2 heteroatoms. The van der Waals surface area contributed by atoms with Crippen LogP contribution in [0, 0.1) is 5.92 Å². The monoisotopic (exact) mass is 642 g/mol. The van der Waals surface area contributed by atoms with Crippen molar-refractivity contribution in [3.63, 3.8) is 0 Å². The zero-order chi connectivity index (χ0) is 33.7. The van der Waals surface area contributed by atoms with Crippen molar-refractivity contribution in [3.05, 3.63) is 48.6 Å². The second-order valence-electron chi connectivity index (χ2n) is 14.4. The first-order valence-electron chi connectivity index (χ1n) is 20.5. The van der Waals surface area contributed by atoms with Crippen LogP contribution in [0.4, 0.5) is 0 Å². The molecule has 0 aromatic rings. The molecule has 270 valence electrons. The molecule has 0 saturated carbocycles. The smallest absolute Gasteiger partial charge is 0.0654 e. The minimum absolute atomic E-state index is 0.0540. The first-order chi connectivity index (χ1) is 22.6. The Morgan fingerprint density at radius 2 is 0.891 bits per heavy atom. The van der Waals surface area contributed by atoms with Gasteiger partial charge in [0.25, 0.3) is 0 Å². The molecule has 2 nitrogen and oxygen atoms in total. The zero-order valence-electron chi connectivity index (χ0n) is 32.1. The number of ether oxygens (including phenoxy) is 1. The van der Waals surface area contributed by atoms with Crippen LogP contribution in [0.5, 0.6) is 0 Å². The van der Waals surface area contributed by atoms with Gasteiger partial charge in [0.05, 0.1) is 5.60 Å². The molecule has 0 fully saturated rings. The molecule has 0 rings (SSSR count). The fraction of sp³-hybridized carbons (Fsp3) is 0.818. The quantitative estimate of drug-likeness (QED) is 0.0543. The van der Waals surface area contributed by atoms with E-state index in [1.807, 2.05) is 0 Å². The number of allylic oxidation sites excluding steroid dienone is 8. The highest BCUT2D eigenvalue weighted by Crippen LogP contribution is 2.28. The minimum Gasteiger partial charge on any atom is -0.375 e. The Morgan fingerprint density at radius 3 is 1.28 bits per heavy atom. The van der Waals surface area contributed by atoms with Gasteiger partial charge in [0.15, 0.2) is 0 Å². The van der Waals surface area contributed by atoms with Gasteiger partial charge in [-0.15, -0.1) is 0 Å². The maximum absolute atomic E-state index is 6.68. The number of hydrogen-bond acceptors (Lipinski definition) is 2. The molecule has 0 aliphatic carbocycles. The number of hydrogen-bond donors (Lipinski definition) is 1. The molecule has 1 atom stereocenters. The summed E-state index contributed by atoms with van der Waals surface area (Å²) in [6.07, 6.45) is 54.1. The van der Waals surface area contributed by atoms with E-state index in [4.69, 9.17) is 4.74 Å². The summed E-state index contributed by atoms with van der Waals surface area (Å²) in [7, 11) is 2.05. The highest BCUT2D eigenvalue weighted by atomic mass is 16.5. The van der Waals surface area contributed by atoms with Gasteiger partial charge in [0.1, 0.15) is 0 Å². The highest BCUT2D eigenvalue weighted by Gasteiger charge is 2.25. The molecule has 0 bridgehead atoms. The van der Waals surface area contributed by atoms with Crippen molar-refractivity contribution in [3.8, 4) is 0 Å². The molecule has 0 aliphatic rings. The molecule has 1 unspecified atom stereocenters. The van der Waals surface area contributed by atoms with Gasteiger partial charge in [0, 0.05) is 6.61 Å². The molecule has 0 radical (unpaired) electrons. The van der Waals surface area contributed by atoms with Crippen LogP contribution in [0.1, 0.15) is 201 Å². The molecule has 0 aliphatic heterocycles. The van der Waals surface area contributed by atoms with Gasteiger partial charge >= 0.3 is 0 Å². The lowest BCUT2D eigenvalue weighted by atomic mass is 9.90. The van der Waals surface area contributed by atoms with Gasteiger partial charge in [0.2, 0.25) is 0 Å². The van der Waals surface area contributed by atoms with Crippen LogP contribution >= 0.6 is 0 Å². The zero-order valence-corrected chi connectivity index (χ0v) is 32.1. The molecule has 0 spiro atoms. The predicted molar refractivity (Wildman–Crippen MR) is 210 cm³/mol. The fourth-order valence-electron chi connectivity index (χ4n) is 6.06. The van der Waals surface area contributed by atoms with E-state index < -0.39 is 0 Å². The lowest BCUT2D eigenvalue weighted by Crippen LogP contribution is -2.31. The molecular formula is C44H83NO. The summed E-state index contributed by atoms with van der Waals surface area (Å²) in [5.41, 5.74) is 0.0540. The number of unbranched alkanes of at least 4 members (excludes halogenated alkanes) is 18. The highest BCUT2D eigenvalue weighted by molar-refractivity contribution is 4.93. The van der Waals surface area contributed by atoms with Crippen LogP contribution in [0.2, 0.25) is 0 Å². The van der Waals surface area contributed by atoms with Crippen molar-refractivity contribution >= 4 is 0 Å². The number of nitrogens with one attached hydrogen (secondary N) is 1. The lowest BCUT2D eigenvalue weighted by Gasteiger charge is -2.32. The maximum Gasteiger partial charge on any atom is 0.0654 e. The summed E-state index contributed by atoms with van der Waals surface area (Å²) in [4.78, 5) is 0. The van der Waals surface area contributed by atoms with E-state index in [0.717, 1.165) is 26.0 Å². The molecule has 0 saturated heterocycles. The van der Waals surface area contributed by atoms with Crippen molar-refractivity contribution in [1.82, 2.24) is 5.32 Å². The second kappa shape index (κ2) is 36.7. The van der Waals surface area contributed by atoms with Gasteiger partial charge < -0.3 is 10.1 Å². The Kier molecular flexibility index (Phi) is 35.8. The molecule has 0 amide bonds. The third kappa shape index (κ3) is 34.2. The van der Waals surface area contributed by atoms with Crippen molar-refractivity contribution in [2.45, 2.75) is 207 Å². The summed E-state index contributed by atoms with van der Waals surface area (Å²) in [6, 6.07) is 0. The average molecular weight is 642 g/mol. The Labute approximate surface area is 290 Å². The summed E-state index contributed by atoms with van der Waals surface area (Å²) in [6.45, 7) is 11.3. The molecule has 1 N–H and O–H groups in total. The van der Waals surface area contributed by atoms with E-state index in [1.165, 1.54) is 161 Å². The Balaban J connectivity index is 4.08. The van der Waals surface area contributed by atoms with Gasteiger partial charge in [-0.3, -0.25) is 0 Å².